The van der Waals surface area contributed by atoms with Crippen molar-refractivity contribution < 1.29 is 9.59 Å². The number of fused-ring (bicyclic) bond motifs is 2. The lowest BCUT2D eigenvalue weighted by Crippen LogP contribution is -2.28. The number of nitrogens with one attached hydrogen (secondary N) is 2. The van der Waals surface area contributed by atoms with E-state index >= 15 is 0 Å². The second-order valence-electron chi connectivity index (χ2n) is 11.6. The van der Waals surface area contributed by atoms with Gasteiger partial charge in [-0.05, 0) is 72.8 Å². The van der Waals surface area contributed by atoms with Crippen LogP contribution in [-0.4, -0.2) is 37.7 Å². The Morgan fingerprint density at radius 2 is 1.90 bits per heavy atom. The Morgan fingerprint density at radius 3 is 2.70 bits per heavy atom. The van der Waals surface area contributed by atoms with Crippen LogP contribution in [0.15, 0.2) is 55.1 Å². The van der Waals surface area contributed by atoms with Crippen LogP contribution in [0, 0.1) is 17.8 Å². The number of carbonyl (C=O) groups is 2. The van der Waals surface area contributed by atoms with Crippen molar-refractivity contribution >= 4 is 46.4 Å². The van der Waals surface area contributed by atoms with E-state index < -0.39 is 0 Å². The molecule has 1 saturated heterocycles. The van der Waals surface area contributed by atoms with Gasteiger partial charge in [0.15, 0.2) is 5.65 Å². The molecule has 4 fully saturated rings. The molecular formula is C30H28ClN7O2. The van der Waals surface area contributed by atoms with Crippen LogP contribution in [0.1, 0.15) is 54.3 Å². The number of aromatic nitrogens is 4. The maximum atomic E-state index is 12.9. The maximum Gasteiger partial charge on any atom is 0.230 e. The summed E-state index contributed by atoms with van der Waals surface area (Å²) in [6, 6.07) is 11.6. The number of nitrogens with zero attached hydrogens (tertiary/aromatic N) is 5. The van der Waals surface area contributed by atoms with E-state index in [0.717, 1.165) is 42.0 Å². The second-order valence-corrected chi connectivity index (χ2v) is 12.0. The highest BCUT2D eigenvalue weighted by atomic mass is 35.5. The lowest BCUT2D eigenvalue weighted by molar-refractivity contribution is -0.119. The van der Waals surface area contributed by atoms with Gasteiger partial charge < -0.3 is 19.9 Å². The van der Waals surface area contributed by atoms with Gasteiger partial charge in [0, 0.05) is 41.9 Å². The highest BCUT2D eigenvalue weighted by Gasteiger charge is 2.53. The molecule has 8 rings (SSSR count). The minimum atomic E-state index is -0.0917. The molecular weight excluding hydrogens is 526 g/mol. The first-order chi connectivity index (χ1) is 19.5. The van der Waals surface area contributed by atoms with Crippen LogP contribution in [0.25, 0.3) is 5.65 Å². The summed E-state index contributed by atoms with van der Waals surface area (Å²) in [5, 5.41) is 6.92. The standard InChI is InChI=1S/C30H28ClN7O2/c31-20-3-1-2-17(6-20)22-9-24(22)29(39)36-27-10-26(33-15-34-27)32-11-21-14-37-12-18(16-4-5-16)8-25(28(37)35-21)38-13-19-7-23(19)30(38)40/h1-3,6,8,10,12,14-16,19,22-24H,4-5,7,9,11,13H2,(H2,32,33,34,36,39)/t19-,22+,23-,24-/m0/s1. The molecule has 4 atom stereocenters. The Kier molecular flexibility index (Phi) is 5.38. The van der Waals surface area contributed by atoms with Crippen molar-refractivity contribution in [2.24, 2.45) is 17.8 Å². The van der Waals surface area contributed by atoms with Gasteiger partial charge in [-0.1, -0.05) is 23.7 Å². The average Bonchev–Trinajstić information content (AvgIpc) is 3.85. The molecule has 202 valence electrons. The number of piperidine rings is 1. The molecule has 4 heterocycles. The van der Waals surface area contributed by atoms with Gasteiger partial charge in [-0.15, -0.1) is 0 Å². The van der Waals surface area contributed by atoms with Crippen molar-refractivity contribution in [2.45, 2.75) is 44.1 Å². The van der Waals surface area contributed by atoms with Crippen LogP contribution in [0.3, 0.4) is 0 Å². The monoisotopic (exact) mass is 553 g/mol. The molecule has 10 heteroatoms. The van der Waals surface area contributed by atoms with Gasteiger partial charge in [0.05, 0.1) is 17.9 Å². The smallest absolute Gasteiger partial charge is 0.230 e. The zero-order chi connectivity index (χ0) is 27.0. The van der Waals surface area contributed by atoms with E-state index in [-0.39, 0.29) is 29.6 Å². The molecule has 9 nitrogen and oxygen atoms in total. The SMILES string of the molecule is O=C(Nc1cc(NCc2cn3cc(C4CC4)cc(N4C[C@@H]5C[C@@H]5C4=O)c3n2)ncn1)[C@H]1C[C@@H]1c1cccc(Cl)c1. The highest BCUT2D eigenvalue weighted by Crippen LogP contribution is 2.50. The predicted octanol–water partition coefficient (Wildman–Crippen LogP) is 4.99. The summed E-state index contributed by atoms with van der Waals surface area (Å²) < 4.78 is 2.06. The minimum absolute atomic E-state index is 0.0527. The van der Waals surface area contributed by atoms with Crippen molar-refractivity contribution in [2.75, 3.05) is 22.1 Å². The first kappa shape index (κ1) is 23.9. The number of carbonyl (C=O) groups excluding carboxylic acids is 2. The Balaban J connectivity index is 0.962. The van der Waals surface area contributed by atoms with Crippen LogP contribution < -0.4 is 15.5 Å². The summed E-state index contributed by atoms with van der Waals surface area (Å²) in [6.45, 7) is 1.24. The summed E-state index contributed by atoms with van der Waals surface area (Å²) in [5.41, 5.74) is 4.94. The molecule has 3 aromatic heterocycles. The summed E-state index contributed by atoms with van der Waals surface area (Å²) in [6.07, 6.45) is 9.83. The second kappa shape index (κ2) is 9.02. The fraction of sp³-hybridized carbons (Fsp3) is 0.367. The van der Waals surface area contributed by atoms with Crippen LogP contribution >= 0.6 is 11.6 Å². The van der Waals surface area contributed by atoms with Crippen molar-refractivity contribution in [3.8, 4) is 0 Å². The van der Waals surface area contributed by atoms with Crippen molar-refractivity contribution in [3.05, 3.63) is 77.0 Å². The van der Waals surface area contributed by atoms with E-state index in [1.165, 1.54) is 24.7 Å². The molecule has 0 spiro atoms. The van der Waals surface area contributed by atoms with Crippen molar-refractivity contribution in [3.63, 3.8) is 0 Å². The first-order valence-electron chi connectivity index (χ1n) is 14.0. The largest absolute Gasteiger partial charge is 0.364 e. The van der Waals surface area contributed by atoms with Gasteiger partial charge in [-0.25, -0.2) is 15.0 Å². The summed E-state index contributed by atoms with van der Waals surface area (Å²) in [4.78, 5) is 41.1. The van der Waals surface area contributed by atoms with E-state index in [4.69, 9.17) is 16.6 Å². The average molecular weight is 554 g/mol. The van der Waals surface area contributed by atoms with Crippen LogP contribution in [0.5, 0.6) is 0 Å². The third kappa shape index (κ3) is 4.38. The Bertz CT molecular complexity index is 1680. The third-order valence-corrected chi connectivity index (χ3v) is 8.87. The molecule has 3 aliphatic carbocycles. The number of anilines is 3. The molecule has 4 aromatic rings. The van der Waals surface area contributed by atoms with Crippen LogP contribution in [0.2, 0.25) is 5.02 Å². The molecule has 4 aliphatic rings. The van der Waals surface area contributed by atoms with E-state index in [9.17, 15) is 9.59 Å². The van der Waals surface area contributed by atoms with E-state index in [1.807, 2.05) is 35.4 Å². The maximum absolute atomic E-state index is 12.9. The number of amides is 2. The van der Waals surface area contributed by atoms with Gasteiger partial charge in [0.25, 0.3) is 0 Å². The lowest BCUT2D eigenvalue weighted by atomic mass is 10.1. The molecule has 3 saturated carbocycles. The topological polar surface area (TPSA) is 105 Å². The van der Waals surface area contributed by atoms with E-state index in [0.29, 0.717) is 35.0 Å². The molecule has 0 radical (unpaired) electrons. The molecule has 0 bridgehead atoms. The number of imidazole rings is 1. The fourth-order valence-corrected chi connectivity index (χ4v) is 6.28. The molecule has 40 heavy (non-hydrogen) atoms. The number of hydrogen-bond acceptors (Lipinski definition) is 6. The molecule has 1 aliphatic heterocycles. The van der Waals surface area contributed by atoms with E-state index in [2.05, 4.69) is 37.3 Å². The van der Waals surface area contributed by atoms with Gasteiger partial charge in [-0.2, -0.15) is 0 Å². The predicted molar refractivity (Wildman–Crippen MR) is 151 cm³/mol. The molecule has 2 N–H and O–H groups in total. The molecule has 1 aromatic carbocycles. The van der Waals surface area contributed by atoms with Gasteiger partial charge in [0.2, 0.25) is 11.8 Å². The zero-order valence-electron chi connectivity index (χ0n) is 21.8. The van der Waals surface area contributed by atoms with E-state index in [1.54, 1.807) is 6.07 Å². The Labute approximate surface area is 236 Å². The number of rotatable bonds is 8. The summed E-state index contributed by atoms with van der Waals surface area (Å²) in [5.74, 6) is 2.61. The molecule has 2 amide bonds. The quantitative estimate of drug-likeness (QED) is 0.318. The highest BCUT2D eigenvalue weighted by molar-refractivity contribution is 6.30. The number of benzene rings is 1. The summed E-state index contributed by atoms with van der Waals surface area (Å²) in [7, 11) is 0. The Morgan fingerprint density at radius 1 is 1.02 bits per heavy atom. The van der Waals surface area contributed by atoms with Crippen LogP contribution in [0.4, 0.5) is 17.3 Å². The molecule has 0 unspecified atom stereocenters. The first-order valence-corrected chi connectivity index (χ1v) is 14.3. The Hall–Kier alpha value is -3.98. The van der Waals surface area contributed by atoms with Crippen molar-refractivity contribution in [1.29, 1.82) is 0 Å². The van der Waals surface area contributed by atoms with Crippen LogP contribution in [-0.2, 0) is 16.1 Å². The number of halogens is 1. The minimum Gasteiger partial charge on any atom is -0.364 e. The summed E-state index contributed by atoms with van der Waals surface area (Å²) >= 11 is 6.11. The zero-order valence-corrected chi connectivity index (χ0v) is 22.5. The lowest BCUT2D eigenvalue weighted by Gasteiger charge is -2.20. The van der Waals surface area contributed by atoms with Gasteiger partial charge >= 0.3 is 0 Å². The number of hydrogen-bond donors (Lipinski definition) is 2. The van der Waals surface area contributed by atoms with Gasteiger partial charge in [-0.3, -0.25) is 9.59 Å². The third-order valence-electron chi connectivity index (χ3n) is 8.64. The number of pyridine rings is 1. The van der Waals surface area contributed by atoms with Gasteiger partial charge in [0.1, 0.15) is 18.0 Å². The normalized spacial score (nSPS) is 24.7. The fourth-order valence-electron chi connectivity index (χ4n) is 6.08. The van der Waals surface area contributed by atoms with Crippen molar-refractivity contribution in [1.82, 2.24) is 19.4 Å².